The second-order valence-electron chi connectivity index (χ2n) is 3.63. The van der Waals surface area contributed by atoms with Gasteiger partial charge < -0.3 is 9.84 Å². The first-order valence-electron chi connectivity index (χ1n) is 4.62. The Hall–Kier alpha value is -1.65. The number of hydrogen-bond donors (Lipinski definition) is 1. The highest BCUT2D eigenvalue weighted by Gasteiger charge is 2.42. The van der Waals surface area contributed by atoms with Gasteiger partial charge in [-0.05, 0) is 43.5 Å². The lowest BCUT2D eigenvalue weighted by Gasteiger charge is -2.16. The summed E-state index contributed by atoms with van der Waals surface area (Å²) in [5.74, 6) is -2.41. The molecule has 0 fully saturated rings. The van der Waals surface area contributed by atoms with E-state index in [0.29, 0.717) is 5.56 Å². The summed E-state index contributed by atoms with van der Waals surface area (Å²) in [4.78, 5) is 10.2. The van der Waals surface area contributed by atoms with Crippen molar-refractivity contribution in [1.82, 2.24) is 0 Å². The molecule has 0 aromatic heterocycles. The third kappa shape index (κ3) is 2.48. The molecule has 0 radical (unpaired) electrons. The van der Waals surface area contributed by atoms with E-state index in [9.17, 15) is 13.6 Å². The van der Waals surface area contributed by atoms with Gasteiger partial charge in [0.15, 0.2) is 0 Å². The average Bonchev–Trinajstić information content (AvgIpc) is 2.12. The zero-order valence-electron chi connectivity index (χ0n) is 9.17. The molecule has 5 heteroatoms. The van der Waals surface area contributed by atoms with E-state index in [2.05, 4.69) is 4.74 Å². The van der Waals surface area contributed by atoms with Crippen LogP contribution in [0.25, 0.3) is 0 Å². The summed E-state index contributed by atoms with van der Waals surface area (Å²) in [7, 11) is 0. The highest BCUT2D eigenvalue weighted by atomic mass is 19.3. The lowest BCUT2D eigenvalue weighted by molar-refractivity contribution is -0.211. The Morgan fingerprint density at radius 1 is 1.31 bits per heavy atom. The van der Waals surface area contributed by atoms with Gasteiger partial charge in [-0.2, -0.15) is 8.78 Å². The van der Waals surface area contributed by atoms with Gasteiger partial charge in [0.2, 0.25) is 0 Å². The van der Waals surface area contributed by atoms with Crippen molar-refractivity contribution in [3.63, 3.8) is 0 Å². The maximum Gasteiger partial charge on any atom is 0.501 e. The first-order valence-corrected chi connectivity index (χ1v) is 4.62. The molecule has 0 aliphatic heterocycles. The van der Waals surface area contributed by atoms with Crippen molar-refractivity contribution < 1.29 is 23.4 Å². The van der Waals surface area contributed by atoms with E-state index in [1.54, 1.807) is 26.8 Å². The molecule has 0 unspecified atom stereocenters. The predicted octanol–water partition coefficient (Wildman–Crippen LogP) is 2.67. The van der Waals surface area contributed by atoms with Crippen molar-refractivity contribution >= 4 is 5.97 Å². The Labute approximate surface area is 91.7 Å². The molecule has 0 aliphatic carbocycles. The van der Waals surface area contributed by atoms with Crippen LogP contribution in [0.3, 0.4) is 0 Å². The van der Waals surface area contributed by atoms with Crippen LogP contribution in [0.1, 0.15) is 16.7 Å². The van der Waals surface area contributed by atoms with Gasteiger partial charge in [0.1, 0.15) is 5.75 Å². The lowest BCUT2D eigenvalue weighted by atomic mass is 10.1. The molecule has 0 saturated heterocycles. The number of ether oxygens (including phenoxy) is 1. The van der Waals surface area contributed by atoms with Gasteiger partial charge in [0.25, 0.3) is 0 Å². The summed E-state index contributed by atoms with van der Waals surface area (Å²) in [6.07, 6.45) is -4.20. The van der Waals surface area contributed by atoms with Crippen LogP contribution < -0.4 is 4.74 Å². The van der Waals surface area contributed by atoms with Crippen LogP contribution in [0.5, 0.6) is 5.75 Å². The SMILES string of the molecule is Cc1cc(C)c(C)c(OC(F)(F)C(=O)O)c1. The Balaban J connectivity index is 3.11. The summed E-state index contributed by atoms with van der Waals surface area (Å²) in [6, 6.07) is 3.19. The molecule has 0 amide bonds. The fourth-order valence-corrected chi connectivity index (χ4v) is 1.29. The van der Waals surface area contributed by atoms with Gasteiger partial charge in [-0.15, -0.1) is 0 Å². The minimum absolute atomic E-state index is 0.107. The van der Waals surface area contributed by atoms with Crippen molar-refractivity contribution in [1.29, 1.82) is 0 Å². The highest BCUT2D eigenvalue weighted by Crippen LogP contribution is 2.28. The summed E-state index contributed by atoms with van der Waals surface area (Å²) in [6.45, 7) is 5.06. The number of aliphatic carboxylic acids is 1. The summed E-state index contributed by atoms with van der Waals surface area (Å²) < 4.78 is 29.9. The summed E-state index contributed by atoms with van der Waals surface area (Å²) in [5, 5.41) is 8.26. The summed E-state index contributed by atoms with van der Waals surface area (Å²) in [5.41, 5.74) is 2.02. The van der Waals surface area contributed by atoms with E-state index in [1.807, 2.05) is 0 Å². The standard InChI is InChI=1S/C11H12F2O3/c1-6-4-7(2)8(3)9(5-6)16-11(12,13)10(14)15/h4-5H,1-3H3,(H,14,15). The Kier molecular flexibility index (Phi) is 3.16. The molecule has 1 rings (SSSR count). The van der Waals surface area contributed by atoms with Gasteiger partial charge in [-0.25, -0.2) is 4.79 Å². The predicted molar refractivity (Wildman–Crippen MR) is 53.9 cm³/mol. The first-order chi connectivity index (χ1) is 7.24. The topological polar surface area (TPSA) is 46.5 Å². The molecular formula is C11H12F2O3. The third-order valence-corrected chi connectivity index (χ3v) is 2.25. The minimum Gasteiger partial charge on any atom is -0.474 e. The first kappa shape index (κ1) is 12.4. The smallest absolute Gasteiger partial charge is 0.474 e. The largest absolute Gasteiger partial charge is 0.501 e. The zero-order chi connectivity index (χ0) is 12.5. The number of rotatable bonds is 3. The second-order valence-corrected chi connectivity index (χ2v) is 3.63. The third-order valence-electron chi connectivity index (χ3n) is 2.25. The molecule has 0 aliphatic rings. The molecule has 0 bridgehead atoms. The number of benzene rings is 1. The Morgan fingerprint density at radius 3 is 2.38 bits per heavy atom. The molecule has 0 atom stereocenters. The summed E-state index contributed by atoms with van der Waals surface area (Å²) >= 11 is 0. The van der Waals surface area contributed by atoms with Gasteiger partial charge in [-0.3, -0.25) is 0 Å². The molecule has 0 heterocycles. The van der Waals surface area contributed by atoms with E-state index in [-0.39, 0.29) is 5.75 Å². The number of carboxylic acids is 1. The van der Waals surface area contributed by atoms with Crippen molar-refractivity contribution in [2.75, 3.05) is 0 Å². The molecule has 88 valence electrons. The van der Waals surface area contributed by atoms with E-state index in [0.717, 1.165) is 11.1 Å². The van der Waals surface area contributed by atoms with Crippen molar-refractivity contribution in [2.24, 2.45) is 0 Å². The Morgan fingerprint density at radius 2 is 1.88 bits per heavy atom. The number of carbonyl (C=O) groups is 1. The van der Waals surface area contributed by atoms with E-state index >= 15 is 0 Å². The van der Waals surface area contributed by atoms with Crippen molar-refractivity contribution in [3.05, 3.63) is 28.8 Å². The fraction of sp³-hybridized carbons (Fsp3) is 0.364. The van der Waals surface area contributed by atoms with Crippen LogP contribution in [-0.2, 0) is 4.79 Å². The Bertz CT molecular complexity index is 427. The molecule has 16 heavy (non-hydrogen) atoms. The van der Waals surface area contributed by atoms with E-state index < -0.39 is 12.1 Å². The normalized spacial score (nSPS) is 11.3. The minimum atomic E-state index is -4.20. The molecule has 0 spiro atoms. The molecular weight excluding hydrogens is 218 g/mol. The van der Waals surface area contributed by atoms with E-state index in [1.165, 1.54) is 6.07 Å². The number of aryl methyl sites for hydroxylation is 2. The van der Waals surface area contributed by atoms with Crippen molar-refractivity contribution in [3.8, 4) is 5.75 Å². The van der Waals surface area contributed by atoms with Crippen molar-refractivity contribution in [2.45, 2.75) is 26.9 Å². The number of hydrogen-bond acceptors (Lipinski definition) is 2. The van der Waals surface area contributed by atoms with Crippen LogP contribution in [0.2, 0.25) is 0 Å². The van der Waals surface area contributed by atoms with Crippen LogP contribution in [-0.4, -0.2) is 17.2 Å². The average molecular weight is 230 g/mol. The van der Waals surface area contributed by atoms with Crippen LogP contribution in [0.4, 0.5) is 8.78 Å². The van der Waals surface area contributed by atoms with Gasteiger partial charge in [0, 0.05) is 0 Å². The number of carboxylic acid groups (broad SMARTS) is 1. The molecule has 1 aromatic rings. The van der Waals surface area contributed by atoms with Gasteiger partial charge in [-0.1, -0.05) is 6.07 Å². The fourth-order valence-electron chi connectivity index (χ4n) is 1.29. The van der Waals surface area contributed by atoms with Crippen LogP contribution >= 0.6 is 0 Å². The van der Waals surface area contributed by atoms with Gasteiger partial charge >= 0.3 is 12.1 Å². The second kappa shape index (κ2) is 4.08. The zero-order valence-corrected chi connectivity index (χ0v) is 9.17. The number of alkyl halides is 2. The lowest BCUT2D eigenvalue weighted by Crippen LogP contribution is -2.35. The van der Waals surface area contributed by atoms with Gasteiger partial charge in [0.05, 0.1) is 0 Å². The quantitative estimate of drug-likeness (QED) is 0.868. The van der Waals surface area contributed by atoms with Crippen LogP contribution in [0.15, 0.2) is 12.1 Å². The molecule has 0 saturated carbocycles. The monoisotopic (exact) mass is 230 g/mol. The molecule has 1 aromatic carbocycles. The molecule has 1 N–H and O–H groups in total. The maximum atomic E-state index is 12.9. The molecule has 3 nitrogen and oxygen atoms in total. The van der Waals surface area contributed by atoms with E-state index in [4.69, 9.17) is 5.11 Å². The van der Waals surface area contributed by atoms with Crippen LogP contribution in [0, 0.1) is 20.8 Å². The maximum absolute atomic E-state index is 12.9. The highest BCUT2D eigenvalue weighted by molar-refractivity contribution is 5.74. The number of halogens is 2.